The number of nitrogens with zero attached hydrogens (tertiary/aromatic N) is 1. The van der Waals surface area contributed by atoms with Crippen LogP contribution in [0.2, 0.25) is 0 Å². The molecule has 0 fully saturated rings. The van der Waals surface area contributed by atoms with Crippen molar-refractivity contribution < 1.29 is 0 Å². The van der Waals surface area contributed by atoms with Gasteiger partial charge in [-0.1, -0.05) is 43.7 Å². The zero-order valence-electron chi connectivity index (χ0n) is 9.44. The van der Waals surface area contributed by atoms with Crippen molar-refractivity contribution in [1.82, 2.24) is 5.43 Å². The van der Waals surface area contributed by atoms with E-state index in [-0.39, 0.29) is 5.11 Å². The Hall–Kier alpha value is -1.42. The van der Waals surface area contributed by atoms with Crippen molar-refractivity contribution in [3.05, 3.63) is 35.9 Å². The Balaban J connectivity index is 2.78. The van der Waals surface area contributed by atoms with Crippen LogP contribution in [0.15, 0.2) is 35.4 Å². The molecule has 1 aromatic carbocycles. The van der Waals surface area contributed by atoms with Gasteiger partial charge in [0.25, 0.3) is 0 Å². The fourth-order valence-corrected chi connectivity index (χ4v) is 1.41. The van der Waals surface area contributed by atoms with Gasteiger partial charge in [-0.05, 0) is 30.6 Å². The summed E-state index contributed by atoms with van der Waals surface area (Å²) in [5, 5.41) is 4.43. The van der Waals surface area contributed by atoms with Gasteiger partial charge in [0, 0.05) is 0 Å². The Morgan fingerprint density at radius 2 is 2.06 bits per heavy atom. The van der Waals surface area contributed by atoms with Crippen molar-refractivity contribution in [1.29, 1.82) is 0 Å². The zero-order chi connectivity index (χ0) is 11.8. The predicted molar refractivity (Wildman–Crippen MR) is 72.4 cm³/mol. The van der Waals surface area contributed by atoms with Crippen LogP contribution < -0.4 is 11.2 Å². The fourth-order valence-electron chi connectivity index (χ4n) is 1.36. The van der Waals surface area contributed by atoms with E-state index in [1.54, 1.807) is 0 Å². The van der Waals surface area contributed by atoms with Crippen molar-refractivity contribution >= 4 is 23.0 Å². The van der Waals surface area contributed by atoms with E-state index in [2.05, 4.69) is 17.5 Å². The van der Waals surface area contributed by atoms with Gasteiger partial charge in [-0.15, -0.1) is 0 Å². The second kappa shape index (κ2) is 6.95. The van der Waals surface area contributed by atoms with E-state index >= 15 is 0 Å². The normalized spacial score (nSPS) is 11.2. The molecule has 16 heavy (non-hydrogen) atoms. The SMILES string of the molecule is CCCCC(=NNC(N)=S)c1ccccc1. The number of hydrazone groups is 1. The Labute approximate surface area is 102 Å². The summed E-state index contributed by atoms with van der Waals surface area (Å²) >= 11 is 4.74. The molecule has 0 aliphatic heterocycles. The van der Waals surface area contributed by atoms with Gasteiger partial charge in [0.05, 0.1) is 5.71 Å². The third kappa shape index (κ3) is 4.40. The van der Waals surface area contributed by atoms with Gasteiger partial charge in [-0.25, -0.2) is 0 Å². The molecule has 0 unspecified atom stereocenters. The van der Waals surface area contributed by atoms with Gasteiger partial charge in [0.15, 0.2) is 5.11 Å². The molecule has 0 bridgehead atoms. The minimum Gasteiger partial charge on any atom is -0.375 e. The summed E-state index contributed by atoms with van der Waals surface area (Å²) in [6.07, 6.45) is 3.17. The maximum atomic E-state index is 5.36. The largest absolute Gasteiger partial charge is 0.375 e. The van der Waals surface area contributed by atoms with Crippen LogP contribution >= 0.6 is 12.2 Å². The third-order valence-electron chi connectivity index (χ3n) is 2.18. The fraction of sp³-hybridized carbons (Fsp3) is 0.333. The van der Waals surface area contributed by atoms with Gasteiger partial charge in [-0.3, -0.25) is 5.43 Å². The number of benzene rings is 1. The monoisotopic (exact) mass is 235 g/mol. The Morgan fingerprint density at radius 1 is 1.38 bits per heavy atom. The molecule has 0 aliphatic carbocycles. The van der Waals surface area contributed by atoms with Gasteiger partial charge in [0.1, 0.15) is 0 Å². The van der Waals surface area contributed by atoms with Crippen molar-refractivity contribution in [3.63, 3.8) is 0 Å². The highest BCUT2D eigenvalue weighted by Gasteiger charge is 2.02. The van der Waals surface area contributed by atoms with Crippen LogP contribution in [0.4, 0.5) is 0 Å². The number of rotatable bonds is 5. The molecule has 3 N–H and O–H groups in total. The summed E-state index contributed by atoms with van der Waals surface area (Å²) in [6.45, 7) is 2.16. The Kier molecular flexibility index (Phi) is 5.50. The molecule has 86 valence electrons. The summed E-state index contributed by atoms with van der Waals surface area (Å²) in [5.41, 5.74) is 10.1. The summed E-state index contributed by atoms with van der Waals surface area (Å²) in [7, 11) is 0. The first-order valence-electron chi connectivity index (χ1n) is 5.41. The van der Waals surface area contributed by atoms with Gasteiger partial charge in [0.2, 0.25) is 0 Å². The molecule has 0 aliphatic rings. The van der Waals surface area contributed by atoms with E-state index in [1.807, 2.05) is 30.3 Å². The maximum absolute atomic E-state index is 5.36. The molecule has 0 spiro atoms. The van der Waals surface area contributed by atoms with E-state index in [4.69, 9.17) is 18.0 Å². The third-order valence-corrected chi connectivity index (χ3v) is 2.27. The molecular weight excluding hydrogens is 218 g/mol. The standard InChI is InChI=1S/C12H17N3S/c1-2-3-9-11(14-15-12(13)16)10-7-5-4-6-8-10/h4-8H,2-3,9H2,1H3,(H3,13,15,16). The topological polar surface area (TPSA) is 50.4 Å². The minimum atomic E-state index is 0.199. The predicted octanol–water partition coefficient (Wildman–Crippen LogP) is 2.41. The van der Waals surface area contributed by atoms with Crippen LogP contribution in [0.3, 0.4) is 0 Å². The molecule has 0 heterocycles. The van der Waals surface area contributed by atoms with E-state index in [0.29, 0.717) is 0 Å². The molecule has 0 aromatic heterocycles. The van der Waals surface area contributed by atoms with Gasteiger partial charge in [-0.2, -0.15) is 5.10 Å². The lowest BCUT2D eigenvalue weighted by Gasteiger charge is -2.06. The van der Waals surface area contributed by atoms with Crippen LogP contribution in [-0.2, 0) is 0 Å². The quantitative estimate of drug-likeness (QED) is 0.468. The number of thiocarbonyl (C=S) groups is 1. The van der Waals surface area contributed by atoms with Crippen molar-refractivity contribution in [2.24, 2.45) is 10.8 Å². The molecule has 0 saturated heterocycles. The molecule has 0 saturated carbocycles. The smallest absolute Gasteiger partial charge is 0.184 e. The first-order valence-corrected chi connectivity index (χ1v) is 5.82. The zero-order valence-corrected chi connectivity index (χ0v) is 10.3. The molecule has 1 rings (SSSR count). The highest BCUT2D eigenvalue weighted by atomic mass is 32.1. The van der Waals surface area contributed by atoms with Crippen LogP contribution in [0, 0.1) is 0 Å². The van der Waals surface area contributed by atoms with Crippen molar-refractivity contribution in [3.8, 4) is 0 Å². The first kappa shape index (κ1) is 12.6. The molecule has 0 amide bonds. The molecular formula is C12H17N3S. The van der Waals surface area contributed by atoms with E-state index in [9.17, 15) is 0 Å². The second-order valence-corrected chi connectivity index (χ2v) is 3.94. The average molecular weight is 235 g/mol. The van der Waals surface area contributed by atoms with Crippen molar-refractivity contribution in [2.75, 3.05) is 0 Å². The number of nitrogens with one attached hydrogen (secondary N) is 1. The summed E-state index contributed by atoms with van der Waals surface area (Å²) in [6, 6.07) is 10.1. The lowest BCUT2D eigenvalue weighted by molar-refractivity contribution is 0.828. The van der Waals surface area contributed by atoms with Crippen LogP contribution in [0.25, 0.3) is 0 Å². The maximum Gasteiger partial charge on any atom is 0.184 e. The molecule has 4 heteroatoms. The Morgan fingerprint density at radius 3 is 2.62 bits per heavy atom. The second-order valence-electron chi connectivity index (χ2n) is 3.50. The van der Waals surface area contributed by atoms with Crippen LogP contribution in [0.1, 0.15) is 31.7 Å². The van der Waals surface area contributed by atoms with Gasteiger partial charge < -0.3 is 5.73 Å². The van der Waals surface area contributed by atoms with Crippen molar-refractivity contribution in [2.45, 2.75) is 26.2 Å². The average Bonchev–Trinajstić information content (AvgIpc) is 2.30. The van der Waals surface area contributed by atoms with Crippen LogP contribution in [-0.4, -0.2) is 10.8 Å². The number of nitrogens with two attached hydrogens (primary N) is 1. The minimum absolute atomic E-state index is 0.199. The highest BCUT2D eigenvalue weighted by molar-refractivity contribution is 7.80. The van der Waals surface area contributed by atoms with E-state index in [0.717, 1.165) is 30.5 Å². The van der Waals surface area contributed by atoms with Crippen LogP contribution in [0.5, 0.6) is 0 Å². The van der Waals surface area contributed by atoms with E-state index in [1.165, 1.54) is 0 Å². The highest BCUT2D eigenvalue weighted by Crippen LogP contribution is 2.07. The summed E-state index contributed by atoms with van der Waals surface area (Å²) in [5.74, 6) is 0. The number of hydrogen-bond acceptors (Lipinski definition) is 2. The number of unbranched alkanes of at least 4 members (excludes halogenated alkanes) is 1. The number of hydrogen-bond donors (Lipinski definition) is 2. The molecule has 1 aromatic rings. The summed E-state index contributed by atoms with van der Waals surface area (Å²) in [4.78, 5) is 0. The molecule has 0 atom stereocenters. The van der Waals surface area contributed by atoms with E-state index < -0.39 is 0 Å². The Bertz CT molecular complexity index is 360. The summed E-state index contributed by atoms with van der Waals surface area (Å²) < 4.78 is 0. The lowest BCUT2D eigenvalue weighted by Crippen LogP contribution is -2.25. The van der Waals surface area contributed by atoms with Gasteiger partial charge >= 0.3 is 0 Å². The molecule has 3 nitrogen and oxygen atoms in total. The first-order chi connectivity index (χ1) is 7.74. The lowest BCUT2D eigenvalue weighted by atomic mass is 10.1. The molecule has 0 radical (unpaired) electrons.